The fraction of sp³-hybridized carbons (Fsp3) is 0.125. The molecule has 0 saturated carbocycles. The molecule has 0 fully saturated rings. The van der Waals surface area contributed by atoms with Crippen molar-refractivity contribution in [3.8, 4) is 0 Å². The Morgan fingerprint density at radius 3 is 2.57 bits per heavy atom. The molecule has 0 unspecified atom stereocenters. The summed E-state index contributed by atoms with van der Waals surface area (Å²) < 4.78 is 0. The normalized spacial score (nSPS) is 20.0. The quantitative estimate of drug-likeness (QED) is 0.857. The molecule has 0 saturated heterocycles. The molecule has 106 valence electrons. The van der Waals surface area contributed by atoms with E-state index in [1.807, 2.05) is 0 Å². The van der Waals surface area contributed by atoms with E-state index in [2.05, 4.69) is 5.32 Å². The highest BCUT2D eigenvalue weighted by Gasteiger charge is 2.47. The topological polar surface area (TPSA) is 66.4 Å². The van der Waals surface area contributed by atoms with Crippen molar-refractivity contribution in [2.24, 2.45) is 0 Å². The van der Waals surface area contributed by atoms with Crippen LogP contribution in [0.25, 0.3) is 0 Å². The maximum atomic E-state index is 12.3. The number of fused-ring (bicyclic) bond motifs is 1. The Labute approximate surface area is 126 Å². The molecule has 1 aliphatic rings. The molecule has 0 aliphatic carbocycles. The maximum Gasteiger partial charge on any atom is 0.261 e. The molecule has 5 heteroatoms. The highest BCUT2D eigenvalue weighted by Crippen LogP contribution is 2.42. The van der Waals surface area contributed by atoms with E-state index in [4.69, 9.17) is 11.6 Å². The van der Waals surface area contributed by atoms with Gasteiger partial charge in [-0.2, -0.15) is 0 Å². The van der Waals surface area contributed by atoms with E-state index >= 15 is 0 Å². The van der Waals surface area contributed by atoms with Crippen molar-refractivity contribution in [2.75, 3.05) is 5.32 Å². The van der Waals surface area contributed by atoms with Crippen molar-refractivity contribution >= 4 is 29.0 Å². The lowest BCUT2D eigenvalue weighted by molar-refractivity contribution is -0.133. The zero-order valence-electron chi connectivity index (χ0n) is 11.0. The molecule has 0 bridgehead atoms. The second-order valence-electron chi connectivity index (χ2n) is 4.94. The summed E-state index contributed by atoms with van der Waals surface area (Å²) in [5, 5.41) is 13.6. The van der Waals surface area contributed by atoms with Crippen molar-refractivity contribution in [1.29, 1.82) is 0 Å². The van der Waals surface area contributed by atoms with Crippen LogP contribution in [-0.2, 0) is 10.4 Å². The lowest BCUT2D eigenvalue weighted by atomic mass is 9.88. The van der Waals surface area contributed by atoms with Gasteiger partial charge in [0.2, 0.25) is 0 Å². The SMILES string of the molecule is O=C(C[C@@]1(O)C(=O)Nc2c(Cl)cccc21)c1ccccc1. The van der Waals surface area contributed by atoms with E-state index in [1.54, 1.807) is 48.5 Å². The van der Waals surface area contributed by atoms with E-state index < -0.39 is 11.5 Å². The molecule has 2 aromatic rings. The van der Waals surface area contributed by atoms with E-state index in [1.165, 1.54) is 0 Å². The first kappa shape index (κ1) is 13.8. The third-order valence-corrected chi connectivity index (χ3v) is 3.90. The van der Waals surface area contributed by atoms with Gasteiger partial charge in [-0.25, -0.2) is 0 Å². The van der Waals surface area contributed by atoms with Gasteiger partial charge in [0, 0.05) is 11.1 Å². The highest BCUT2D eigenvalue weighted by molar-refractivity contribution is 6.34. The average molecular weight is 302 g/mol. The van der Waals surface area contributed by atoms with Crippen LogP contribution in [0.1, 0.15) is 22.3 Å². The molecule has 1 heterocycles. The fourth-order valence-electron chi connectivity index (χ4n) is 2.47. The number of halogens is 1. The number of benzene rings is 2. The molecule has 0 radical (unpaired) electrons. The number of Topliss-reactive ketones (excluding diaryl/α,β-unsaturated/α-hetero) is 1. The second-order valence-corrected chi connectivity index (χ2v) is 5.35. The predicted octanol–water partition coefficient (Wildman–Crippen LogP) is 2.75. The minimum absolute atomic E-state index is 0.305. The second kappa shape index (κ2) is 4.98. The fourth-order valence-corrected chi connectivity index (χ4v) is 2.69. The van der Waals surface area contributed by atoms with Crippen LogP contribution in [0, 0.1) is 0 Å². The van der Waals surface area contributed by atoms with E-state index in [9.17, 15) is 14.7 Å². The molecule has 4 nitrogen and oxygen atoms in total. The first-order valence-corrected chi connectivity index (χ1v) is 6.81. The summed E-state index contributed by atoms with van der Waals surface area (Å²) in [6, 6.07) is 13.4. The Kier molecular flexibility index (Phi) is 3.27. The molecule has 0 aromatic heterocycles. The average Bonchev–Trinajstić information content (AvgIpc) is 2.74. The Morgan fingerprint density at radius 1 is 1.14 bits per heavy atom. The van der Waals surface area contributed by atoms with E-state index in [0.717, 1.165) is 0 Å². The summed E-state index contributed by atoms with van der Waals surface area (Å²) in [5.74, 6) is -0.934. The number of nitrogens with one attached hydrogen (secondary N) is 1. The van der Waals surface area contributed by atoms with Gasteiger partial charge in [0.15, 0.2) is 11.4 Å². The number of amides is 1. The van der Waals surface area contributed by atoms with Gasteiger partial charge in [0.1, 0.15) is 0 Å². The lowest BCUT2D eigenvalue weighted by Gasteiger charge is -2.20. The summed E-state index contributed by atoms with van der Waals surface area (Å²) in [6.45, 7) is 0. The first-order valence-electron chi connectivity index (χ1n) is 6.43. The van der Waals surface area contributed by atoms with Crippen LogP contribution in [0.4, 0.5) is 5.69 Å². The van der Waals surface area contributed by atoms with Crippen LogP contribution in [0.2, 0.25) is 5.02 Å². The maximum absolute atomic E-state index is 12.3. The number of rotatable bonds is 3. The largest absolute Gasteiger partial charge is 0.375 e. The molecule has 3 rings (SSSR count). The molecule has 2 N–H and O–H groups in total. The van der Waals surface area contributed by atoms with Gasteiger partial charge in [-0.1, -0.05) is 54.1 Å². The third kappa shape index (κ3) is 2.22. The van der Waals surface area contributed by atoms with Crippen LogP contribution >= 0.6 is 11.6 Å². The number of hydrogen-bond acceptors (Lipinski definition) is 3. The first-order chi connectivity index (χ1) is 10.0. The number of aliphatic hydroxyl groups is 1. The van der Waals surface area contributed by atoms with Crippen molar-refractivity contribution in [3.05, 3.63) is 64.7 Å². The van der Waals surface area contributed by atoms with Gasteiger partial charge < -0.3 is 10.4 Å². The molecule has 1 amide bonds. The Hall–Kier alpha value is -2.17. The van der Waals surface area contributed by atoms with E-state index in [-0.39, 0.29) is 12.2 Å². The molecule has 1 atom stereocenters. The Bertz CT molecular complexity index is 730. The Balaban J connectivity index is 1.97. The van der Waals surface area contributed by atoms with Crippen molar-refractivity contribution in [3.63, 3.8) is 0 Å². The molecule has 0 spiro atoms. The number of para-hydroxylation sites is 1. The molecular formula is C16H12ClNO3. The van der Waals surface area contributed by atoms with Gasteiger partial charge in [0.25, 0.3) is 5.91 Å². The van der Waals surface area contributed by atoms with Crippen molar-refractivity contribution < 1.29 is 14.7 Å². The van der Waals surface area contributed by atoms with Gasteiger partial charge in [-0.3, -0.25) is 9.59 Å². The van der Waals surface area contributed by atoms with E-state index in [0.29, 0.717) is 21.8 Å². The Morgan fingerprint density at radius 2 is 1.86 bits per heavy atom. The number of ketones is 1. The zero-order valence-corrected chi connectivity index (χ0v) is 11.7. The zero-order chi connectivity index (χ0) is 15.0. The summed E-state index contributed by atoms with van der Waals surface area (Å²) in [5.41, 5.74) is -0.723. The van der Waals surface area contributed by atoms with Gasteiger partial charge in [-0.05, 0) is 6.07 Å². The van der Waals surface area contributed by atoms with Crippen LogP contribution in [0.3, 0.4) is 0 Å². The minimum Gasteiger partial charge on any atom is -0.375 e. The summed E-state index contributed by atoms with van der Waals surface area (Å²) in [4.78, 5) is 24.4. The molecule has 21 heavy (non-hydrogen) atoms. The standard InChI is InChI=1S/C16H12ClNO3/c17-12-8-4-7-11-14(12)18-15(20)16(11,21)9-13(19)10-5-2-1-3-6-10/h1-8,21H,9H2,(H,18,20)/t16-/m0/s1. The predicted molar refractivity (Wildman–Crippen MR) is 79.4 cm³/mol. The van der Waals surface area contributed by atoms with Gasteiger partial charge in [-0.15, -0.1) is 0 Å². The summed E-state index contributed by atoms with van der Waals surface area (Å²) in [6.07, 6.45) is -0.323. The molecular weight excluding hydrogens is 290 g/mol. The summed E-state index contributed by atoms with van der Waals surface area (Å²) >= 11 is 6.01. The smallest absolute Gasteiger partial charge is 0.261 e. The monoisotopic (exact) mass is 301 g/mol. The molecule has 2 aromatic carbocycles. The third-order valence-electron chi connectivity index (χ3n) is 3.59. The summed E-state index contributed by atoms with van der Waals surface area (Å²) in [7, 11) is 0. The highest BCUT2D eigenvalue weighted by atomic mass is 35.5. The number of carbonyl (C=O) groups excluding carboxylic acids is 2. The number of anilines is 1. The van der Waals surface area contributed by atoms with Crippen LogP contribution in [0.5, 0.6) is 0 Å². The number of carbonyl (C=O) groups is 2. The van der Waals surface area contributed by atoms with Crippen molar-refractivity contribution in [2.45, 2.75) is 12.0 Å². The van der Waals surface area contributed by atoms with Gasteiger partial charge in [0.05, 0.1) is 17.1 Å². The van der Waals surface area contributed by atoms with Crippen LogP contribution in [0.15, 0.2) is 48.5 Å². The van der Waals surface area contributed by atoms with Crippen molar-refractivity contribution in [1.82, 2.24) is 0 Å². The number of hydrogen-bond donors (Lipinski definition) is 2. The molecule has 1 aliphatic heterocycles. The van der Waals surface area contributed by atoms with Crippen LogP contribution in [-0.4, -0.2) is 16.8 Å². The lowest BCUT2D eigenvalue weighted by Crippen LogP contribution is -2.36. The van der Waals surface area contributed by atoms with Gasteiger partial charge >= 0.3 is 0 Å². The van der Waals surface area contributed by atoms with Crippen LogP contribution < -0.4 is 5.32 Å². The minimum atomic E-state index is -1.88.